The molecule has 0 saturated carbocycles. The van der Waals surface area contributed by atoms with Crippen LogP contribution < -0.4 is 0 Å². The number of aryl methyl sites for hydroxylation is 4. The Morgan fingerprint density at radius 2 is 1.65 bits per heavy atom. The fourth-order valence-electron chi connectivity index (χ4n) is 4.36. The van der Waals surface area contributed by atoms with E-state index in [1.165, 1.54) is 22.3 Å². The van der Waals surface area contributed by atoms with Gasteiger partial charge in [-0.15, -0.1) is 0 Å². The minimum absolute atomic E-state index is 0.842. The Labute approximate surface area is 182 Å². The first-order chi connectivity index (χ1) is 15.1. The van der Waals surface area contributed by atoms with Crippen LogP contribution in [0.5, 0.6) is 0 Å². The summed E-state index contributed by atoms with van der Waals surface area (Å²) in [5, 5.41) is 4.34. The van der Waals surface area contributed by atoms with Crippen LogP contribution in [-0.2, 0) is 6.54 Å². The van der Waals surface area contributed by atoms with Crippen LogP contribution in [0.4, 0.5) is 0 Å². The first-order valence-electron chi connectivity index (χ1n) is 10.6. The second-order valence-electron chi connectivity index (χ2n) is 7.94. The van der Waals surface area contributed by atoms with Crippen molar-refractivity contribution in [3.8, 4) is 28.2 Å². The van der Waals surface area contributed by atoms with Crippen molar-refractivity contribution in [3.63, 3.8) is 0 Å². The molecular formula is C26H25N5. The van der Waals surface area contributed by atoms with Gasteiger partial charge in [0.1, 0.15) is 18.0 Å². The van der Waals surface area contributed by atoms with Crippen molar-refractivity contribution in [2.45, 2.75) is 34.2 Å². The Balaban J connectivity index is 1.72. The van der Waals surface area contributed by atoms with E-state index in [0.717, 1.165) is 40.5 Å². The van der Waals surface area contributed by atoms with Crippen LogP contribution in [0.15, 0.2) is 67.0 Å². The van der Waals surface area contributed by atoms with E-state index < -0.39 is 0 Å². The molecule has 5 nitrogen and oxygen atoms in total. The summed E-state index contributed by atoms with van der Waals surface area (Å²) in [5.41, 5.74) is 9.19. The third-order valence-corrected chi connectivity index (χ3v) is 5.85. The second kappa shape index (κ2) is 7.51. The number of hydrogen-bond acceptors (Lipinski definition) is 3. The van der Waals surface area contributed by atoms with Crippen molar-refractivity contribution >= 4 is 11.0 Å². The summed E-state index contributed by atoms with van der Waals surface area (Å²) in [5.74, 6) is 1.84. The molecule has 0 aliphatic rings. The third-order valence-electron chi connectivity index (χ3n) is 5.85. The van der Waals surface area contributed by atoms with Gasteiger partial charge in [-0.1, -0.05) is 48.0 Å². The number of hydrogen-bond donors (Lipinski definition) is 0. The molecular weight excluding hydrogens is 382 g/mol. The molecule has 5 aromatic rings. The molecule has 0 amide bonds. The Morgan fingerprint density at radius 1 is 0.839 bits per heavy atom. The van der Waals surface area contributed by atoms with Crippen LogP contribution in [0.2, 0.25) is 0 Å². The van der Waals surface area contributed by atoms with Gasteiger partial charge < -0.3 is 4.57 Å². The summed E-state index contributed by atoms with van der Waals surface area (Å²) >= 11 is 0. The van der Waals surface area contributed by atoms with Gasteiger partial charge in [-0.3, -0.25) is 0 Å². The summed E-state index contributed by atoms with van der Waals surface area (Å²) in [6, 6.07) is 21.5. The number of fused-ring (bicyclic) bond motifs is 1. The molecule has 3 aromatic carbocycles. The van der Waals surface area contributed by atoms with Crippen LogP contribution in [0.1, 0.15) is 23.9 Å². The fraction of sp³-hybridized carbons (Fsp3) is 0.192. The predicted octanol–water partition coefficient (Wildman–Crippen LogP) is 5.90. The Morgan fingerprint density at radius 3 is 2.35 bits per heavy atom. The Bertz CT molecular complexity index is 1410. The van der Waals surface area contributed by atoms with Gasteiger partial charge in [0, 0.05) is 12.1 Å². The summed E-state index contributed by atoms with van der Waals surface area (Å²) in [4.78, 5) is 9.33. The van der Waals surface area contributed by atoms with Crippen LogP contribution >= 0.6 is 0 Å². The minimum Gasteiger partial charge on any atom is -0.324 e. The molecule has 0 spiro atoms. The molecule has 5 rings (SSSR count). The van der Waals surface area contributed by atoms with Crippen LogP contribution in [0.25, 0.3) is 39.2 Å². The molecule has 2 heterocycles. The monoisotopic (exact) mass is 407 g/mol. The number of aromatic nitrogens is 5. The smallest absolute Gasteiger partial charge is 0.141 e. The molecule has 0 saturated heterocycles. The molecule has 5 heteroatoms. The number of rotatable bonds is 4. The van der Waals surface area contributed by atoms with E-state index in [1.54, 1.807) is 6.33 Å². The number of nitrogens with zero attached hydrogens (tertiary/aromatic N) is 5. The maximum atomic E-state index is 5.09. The maximum Gasteiger partial charge on any atom is 0.141 e. The van der Waals surface area contributed by atoms with E-state index in [1.807, 2.05) is 11.6 Å². The quantitative estimate of drug-likeness (QED) is 0.373. The average Bonchev–Trinajstić information content (AvgIpc) is 3.36. The van der Waals surface area contributed by atoms with E-state index in [9.17, 15) is 0 Å². The van der Waals surface area contributed by atoms with E-state index in [4.69, 9.17) is 4.98 Å². The molecule has 154 valence electrons. The van der Waals surface area contributed by atoms with Gasteiger partial charge in [-0.05, 0) is 62.6 Å². The standard InChI is InChI=1S/C26H25N5/c1-5-30-25-13-11-20(31-19(4)27-16-28-31)15-24(25)29-26(30)23-9-7-6-8-22(23)21-12-10-17(2)14-18(21)3/h6-16H,5H2,1-4H3. The minimum atomic E-state index is 0.842. The topological polar surface area (TPSA) is 48.5 Å². The van der Waals surface area contributed by atoms with Gasteiger partial charge in [0.05, 0.1) is 16.7 Å². The first kappa shape index (κ1) is 19.2. The van der Waals surface area contributed by atoms with Crippen LogP contribution in [-0.4, -0.2) is 24.3 Å². The molecule has 0 unspecified atom stereocenters. The van der Waals surface area contributed by atoms with E-state index in [0.29, 0.717) is 0 Å². The highest BCUT2D eigenvalue weighted by molar-refractivity contribution is 5.88. The van der Waals surface area contributed by atoms with Crippen LogP contribution in [0.3, 0.4) is 0 Å². The van der Waals surface area contributed by atoms with Gasteiger partial charge in [0.2, 0.25) is 0 Å². The lowest BCUT2D eigenvalue weighted by Gasteiger charge is -2.14. The molecule has 0 fully saturated rings. The molecule has 0 atom stereocenters. The predicted molar refractivity (Wildman–Crippen MR) is 125 cm³/mol. The lowest BCUT2D eigenvalue weighted by atomic mass is 9.94. The maximum absolute atomic E-state index is 5.09. The zero-order valence-corrected chi connectivity index (χ0v) is 18.3. The first-order valence-corrected chi connectivity index (χ1v) is 10.6. The zero-order chi connectivity index (χ0) is 21.5. The summed E-state index contributed by atoms with van der Waals surface area (Å²) in [6.45, 7) is 9.27. The van der Waals surface area contributed by atoms with Gasteiger partial charge in [-0.25, -0.2) is 14.6 Å². The largest absolute Gasteiger partial charge is 0.324 e. The van der Waals surface area contributed by atoms with Crippen LogP contribution in [0, 0.1) is 20.8 Å². The Kier molecular flexibility index (Phi) is 4.66. The average molecular weight is 408 g/mol. The van der Waals surface area contributed by atoms with E-state index in [2.05, 4.69) is 96.1 Å². The van der Waals surface area contributed by atoms with Crippen molar-refractivity contribution in [2.24, 2.45) is 0 Å². The highest BCUT2D eigenvalue weighted by Crippen LogP contribution is 2.35. The molecule has 0 bridgehead atoms. The second-order valence-corrected chi connectivity index (χ2v) is 7.94. The lowest BCUT2D eigenvalue weighted by molar-refractivity contribution is 0.796. The Hall–Kier alpha value is -3.73. The molecule has 2 aromatic heterocycles. The SMILES string of the molecule is CCn1c(-c2ccccc2-c2ccc(C)cc2C)nc2cc(-n3ncnc3C)ccc21. The molecule has 0 aliphatic carbocycles. The van der Waals surface area contributed by atoms with Gasteiger partial charge in [0.25, 0.3) is 0 Å². The van der Waals surface area contributed by atoms with Gasteiger partial charge in [-0.2, -0.15) is 5.10 Å². The molecule has 31 heavy (non-hydrogen) atoms. The lowest BCUT2D eigenvalue weighted by Crippen LogP contribution is -2.00. The fourth-order valence-corrected chi connectivity index (χ4v) is 4.36. The van der Waals surface area contributed by atoms with Crippen molar-refractivity contribution in [2.75, 3.05) is 0 Å². The van der Waals surface area contributed by atoms with E-state index >= 15 is 0 Å². The normalized spacial score (nSPS) is 11.4. The number of benzene rings is 3. The molecule has 0 N–H and O–H groups in total. The van der Waals surface area contributed by atoms with Crippen molar-refractivity contribution in [1.82, 2.24) is 24.3 Å². The third kappa shape index (κ3) is 3.22. The summed E-state index contributed by atoms with van der Waals surface area (Å²) in [6.07, 6.45) is 1.58. The number of imidazole rings is 1. The zero-order valence-electron chi connectivity index (χ0n) is 18.3. The van der Waals surface area contributed by atoms with Crippen molar-refractivity contribution in [3.05, 3.63) is 83.9 Å². The van der Waals surface area contributed by atoms with Gasteiger partial charge in [0.15, 0.2) is 0 Å². The van der Waals surface area contributed by atoms with Crippen molar-refractivity contribution < 1.29 is 0 Å². The molecule has 0 radical (unpaired) electrons. The van der Waals surface area contributed by atoms with Gasteiger partial charge >= 0.3 is 0 Å². The van der Waals surface area contributed by atoms with E-state index in [-0.39, 0.29) is 0 Å². The highest BCUT2D eigenvalue weighted by atomic mass is 15.3. The summed E-state index contributed by atoms with van der Waals surface area (Å²) in [7, 11) is 0. The van der Waals surface area contributed by atoms with Crippen molar-refractivity contribution in [1.29, 1.82) is 0 Å². The molecule has 0 aliphatic heterocycles. The summed E-state index contributed by atoms with van der Waals surface area (Å²) < 4.78 is 4.13. The highest BCUT2D eigenvalue weighted by Gasteiger charge is 2.17.